The van der Waals surface area contributed by atoms with Crippen LogP contribution in [0.4, 0.5) is 15.8 Å². The van der Waals surface area contributed by atoms with Crippen molar-refractivity contribution in [3.63, 3.8) is 0 Å². The van der Waals surface area contributed by atoms with E-state index >= 15 is 0 Å². The Morgan fingerprint density at radius 2 is 1.82 bits per heavy atom. The lowest BCUT2D eigenvalue weighted by Gasteiger charge is -2.17. The summed E-state index contributed by atoms with van der Waals surface area (Å²) in [5.74, 6) is -1.45. The van der Waals surface area contributed by atoms with E-state index in [-0.39, 0.29) is 17.1 Å². The van der Waals surface area contributed by atoms with Crippen LogP contribution in [0.5, 0.6) is 0 Å². The van der Waals surface area contributed by atoms with Gasteiger partial charge in [-0.3, -0.25) is 9.78 Å². The molecular formula is C26H27BFN3O3. The fourth-order valence-electron chi connectivity index (χ4n) is 3.55. The summed E-state index contributed by atoms with van der Waals surface area (Å²) in [6.45, 7) is 6.04. The van der Waals surface area contributed by atoms with Gasteiger partial charge in [-0.25, -0.2) is 4.39 Å². The van der Waals surface area contributed by atoms with Crippen LogP contribution >= 0.6 is 0 Å². The lowest BCUT2D eigenvalue weighted by molar-refractivity contribution is 0.102. The number of carbonyl (C=O) groups excluding carboxylic acids is 1. The first-order valence-electron chi connectivity index (χ1n) is 10.9. The first-order chi connectivity index (χ1) is 16.3. The van der Waals surface area contributed by atoms with Crippen molar-refractivity contribution in [2.45, 2.75) is 26.8 Å². The third-order valence-electron chi connectivity index (χ3n) is 5.30. The lowest BCUT2D eigenvalue weighted by Crippen LogP contribution is -2.31. The summed E-state index contributed by atoms with van der Waals surface area (Å²) < 4.78 is 14.2. The molecule has 3 aromatic rings. The molecule has 0 saturated heterocycles. The minimum absolute atomic E-state index is 0.0282. The molecule has 0 bridgehead atoms. The molecule has 0 spiro atoms. The Morgan fingerprint density at radius 1 is 1.06 bits per heavy atom. The summed E-state index contributed by atoms with van der Waals surface area (Å²) in [5.41, 5.74) is 3.89. The number of allylic oxidation sites excluding steroid dienone is 2. The molecule has 1 amide bonds. The standard InChI is InChI=1S/C26H27BFN3O3/c1-4-7-18(5-2)17(3)30-23-13-20(15-29-16-23)19-8-6-9-22(12-19)31-26(32)24-14-21(27(33)34)10-11-25(24)28/h4-17,30,33-34H,1-3H3,(H,31,32)/b7-4-,18-5+/t17-/m0/s1. The Hall–Kier alpha value is -3.75. The van der Waals surface area contributed by atoms with Crippen LogP contribution in [0.25, 0.3) is 11.1 Å². The Morgan fingerprint density at radius 3 is 2.53 bits per heavy atom. The molecule has 34 heavy (non-hydrogen) atoms. The van der Waals surface area contributed by atoms with Crippen LogP contribution in [0.2, 0.25) is 0 Å². The van der Waals surface area contributed by atoms with Crippen LogP contribution in [0.1, 0.15) is 31.1 Å². The number of halogens is 1. The molecular weight excluding hydrogens is 432 g/mol. The summed E-state index contributed by atoms with van der Waals surface area (Å²) in [7, 11) is -1.80. The van der Waals surface area contributed by atoms with Crippen molar-refractivity contribution in [3.8, 4) is 11.1 Å². The van der Waals surface area contributed by atoms with Gasteiger partial charge >= 0.3 is 7.12 Å². The SMILES string of the molecule is C/C=C\C(=C/C)[C@H](C)Nc1cncc(-c2cccc(NC(=O)c3cc(B(O)O)ccc3F)c2)c1. The molecule has 0 aliphatic rings. The van der Waals surface area contributed by atoms with Crippen LogP contribution in [0, 0.1) is 5.82 Å². The van der Waals surface area contributed by atoms with E-state index in [4.69, 9.17) is 0 Å². The third kappa shape index (κ3) is 6.18. The number of rotatable bonds is 8. The van der Waals surface area contributed by atoms with Gasteiger partial charge in [0.05, 0.1) is 11.3 Å². The van der Waals surface area contributed by atoms with E-state index in [1.165, 1.54) is 6.07 Å². The molecule has 1 heterocycles. The number of nitrogens with zero attached hydrogens (tertiary/aromatic N) is 1. The highest BCUT2D eigenvalue weighted by Gasteiger charge is 2.18. The monoisotopic (exact) mass is 459 g/mol. The summed E-state index contributed by atoms with van der Waals surface area (Å²) in [4.78, 5) is 17.0. The van der Waals surface area contributed by atoms with Crippen molar-refractivity contribution in [1.29, 1.82) is 0 Å². The van der Waals surface area contributed by atoms with Gasteiger partial charge < -0.3 is 20.7 Å². The third-order valence-corrected chi connectivity index (χ3v) is 5.30. The molecule has 6 nitrogen and oxygen atoms in total. The van der Waals surface area contributed by atoms with Gasteiger partial charge in [-0.2, -0.15) is 0 Å². The number of nitrogens with one attached hydrogen (secondary N) is 2. The van der Waals surface area contributed by atoms with E-state index in [1.807, 2.05) is 32.1 Å². The van der Waals surface area contributed by atoms with Gasteiger partial charge in [-0.15, -0.1) is 0 Å². The van der Waals surface area contributed by atoms with Crippen molar-refractivity contribution in [1.82, 2.24) is 4.98 Å². The van der Waals surface area contributed by atoms with Crippen molar-refractivity contribution < 1.29 is 19.2 Å². The van der Waals surface area contributed by atoms with Gasteiger partial charge in [0.2, 0.25) is 0 Å². The molecule has 0 radical (unpaired) electrons. The second-order valence-electron chi connectivity index (χ2n) is 7.76. The minimum Gasteiger partial charge on any atom is -0.423 e. The molecule has 0 saturated carbocycles. The number of aromatic nitrogens is 1. The van der Waals surface area contributed by atoms with Gasteiger partial charge in [0, 0.05) is 29.7 Å². The number of anilines is 2. The first kappa shape index (κ1) is 24.9. The fraction of sp³-hybridized carbons (Fsp3) is 0.154. The predicted octanol–water partition coefficient (Wildman–Crippen LogP) is 4.14. The van der Waals surface area contributed by atoms with Gasteiger partial charge in [0.25, 0.3) is 5.91 Å². The van der Waals surface area contributed by atoms with Crippen LogP contribution in [0.15, 0.2) is 84.7 Å². The molecule has 1 aromatic heterocycles. The number of carbonyl (C=O) groups is 1. The van der Waals surface area contributed by atoms with E-state index in [0.29, 0.717) is 5.69 Å². The van der Waals surface area contributed by atoms with Crippen LogP contribution in [-0.2, 0) is 0 Å². The predicted molar refractivity (Wildman–Crippen MR) is 136 cm³/mol. The topological polar surface area (TPSA) is 94.5 Å². The summed E-state index contributed by atoms with van der Waals surface area (Å²) in [5, 5.41) is 24.7. The minimum atomic E-state index is -1.80. The highest BCUT2D eigenvalue weighted by molar-refractivity contribution is 6.58. The van der Waals surface area contributed by atoms with Gasteiger partial charge in [0.15, 0.2) is 0 Å². The molecule has 0 unspecified atom stereocenters. The molecule has 4 N–H and O–H groups in total. The Kier molecular flexibility index (Phi) is 8.35. The van der Waals surface area contributed by atoms with E-state index in [9.17, 15) is 19.2 Å². The summed E-state index contributed by atoms with van der Waals surface area (Å²) >= 11 is 0. The maximum atomic E-state index is 14.2. The Labute approximate surface area is 199 Å². The lowest BCUT2D eigenvalue weighted by atomic mass is 9.79. The Balaban J connectivity index is 1.80. The van der Waals surface area contributed by atoms with Crippen LogP contribution in [-0.4, -0.2) is 34.1 Å². The number of hydrogen-bond donors (Lipinski definition) is 4. The summed E-state index contributed by atoms with van der Waals surface area (Å²) in [6.07, 6.45) is 9.59. The molecule has 1 atom stereocenters. The van der Waals surface area contributed by atoms with Crippen LogP contribution in [0.3, 0.4) is 0 Å². The maximum Gasteiger partial charge on any atom is 0.488 e. The maximum absolute atomic E-state index is 14.2. The molecule has 0 aliphatic heterocycles. The number of pyridine rings is 1. The van der Waals surface area contributed by atoms with Crippen molar-refractivity contribution in [2.24, 2.45) is 0 Å². The molecule has 8 heteroatoms. The second kappa shape index (κ2) is 11.4. The van der Waals surface area contributed by atoms with Crippen LogP contribution < -0.4 is 16.1 Å². The first-order valence-corrected chi connectivity index (χ1v) is 10.9. The number of benzene rings is 2. The molecule has 2 aromatic carbocycles. The van der Waals surface area contributed by atoms with E-state index in [0.717, 1.165) is 34.5 Å². The average molecular weight is 459 g/mol. The quantitative estimate of drug-likeness (QED) is 0.300. The van der Waals surface area contributed by atoms with Gasteiger partial charge in [0.1, 0.15) is 5.82 Å². The normalized spacial score (nSPS) is 12.5. The van der Waals surface area contributed by atoms with E-state index in [1.54, 1.807) is 30.6 Å². The second-order valence-corrected chi connectivity index (χ2v) is 7.76. The zero-order chi connectivity index (χ0) is 24.7. The van der Waals surface area contributed by atoms with Crippen molar-refractivity contribution in [2.75, 3.05) is 10.6 Å². The molecule has 174 valence electrons. The smallest absolute Gasteiger partial charge is 0.423 e. The van der Waals surface area contributed by atoms with Crippen molar-refractivity contribution in [3.05, 3.63) is 96.1 Å². The fourth-order valence-corrected chi connectivity index (χ4v) is 3.55. The van der Waals surface area contributed by atoms with E-state index in [2.05, 4.69) is 34.7 Å². The molecule has 0 fully saturated rings. The highest BCUT2D eigenvalue weighted by atomic mass is 19.1. The molecule has 3 rings (SSSR count). The van der Waals surface area contributed by atoms with Crippen molar-refractivity contribution >= 4 is 29.9 Å². The zero-order valence-electron chi connectivity index (χ0n) is 19.3. The van der Waals surface area contributed by atoms with E-state index < -0.39 is 18.8 Å². The highest BCUT2D eigenvalue weighted by Crippen LogP contribution is 2.25. The largest absolute Gasteiger partial charge is 0.488 e. The number of amides is 1. The summed E-state index contributed by atoms with van der Waals surface area (Å²) in [6, 6.07) is 12.5. The Bertz CT molecular complexity index is 1230. The average Bonchev–Trinajstić information content (AvgIpc) is 2.82. The van der Waals surface area contributed by atoms with Gasteiger partial charge in [-0.1, -0.05) is 36.4 Å². The van der Waals surface area contributed by atoms with Gasteiger partial charge in [-0.05, 0) is 67.7 Å². The molecule has 0 aliphatic carbocycles. The number of hydrogen-bond acceptors (Lipinski definition) is 5. The zero-order valence-corrected chi connectivity index (χ0v) is 19.3.